The van der Waals surface area contributed by atoms with Crippen LogP contribution in [0.3, 0.4) is 0 Å². The van der Waals surface area contributed by atoms with Crippen LogP contribution in [0.2, 0.25) is 0 Å². The Kier molecular flexibility index (Phi) is 9.77. The molecule has 4 aromatic rings. The Hall–Kier alpha value is -5.64. The molecule has 7 rings (SSSR count). The molecule has 256 valence electrons. The fourth-order valence-corrected chi connectivity index (χ4v) is 5.93. The van der Waals surface area contributed by atoms with E-state index in [-0.39, 0.29) is 25.2 Å². The molecule has 10 nitrogen and oxygen atoms in total. The van der Waals surface area contributed by atoms with Gasteiger partial charge >= 0.3 is 24.1 Å². The Labute approximate surface area is 290 Å². The maximum Gasteiger partial charge on any atom is 0.418 e. The van der Waals surface area contributed by atoms with Crippen LogP contribution < -0.4 is 9.47 Å². The molecule has 0 radical (unpaired) electrons. The lowest BCUT2D eigenvalue weighted by Gasteiger charge is -2.33. The topological polar surface area (TPSA) is 112 Å². The Morgan fingerprint density at radius 3 is 1.12 bits per heavy atom. The van der Waals surface area contributed by atoms with Crippen molar-refractivity contribution in [2.45, 2.75) is 63.7 Å². The minimum absolute atomic E-state index is 0.0173. The molecule has 3 fully saturated rings. The Morgan fingerprint density at radius 2 is 0.800 bits per heavy atom. The van der Waals surface area contributed by atoms with Gasteiger partial charge in [0.15, 0.2) is 0 Å². The fourth-order valence-electron chi connectivity index (χ4n) is 5.93. The fraction of sp³-hybridized carbons (Fsp3) is 0.300. The molecule has 0 aromatic heterocycles. The maximum atomic E-state index is 13.2. The maximum absolute atomic E-state index is 13.2. The van der Waals surface area contributed by atoms with E-state index in [9.17, 15) is 19.2 Å². The quantitative estimate of drug-likeness (QED) is 0.109. The molecule has 0 saturated heterocycles. The smallest absolute Gasteiger partial charge is 0.418 e. The van der Waals surface area contributed by atoms with E-state index in [1.54, 1.807) is 9.80 Å². The highest BCUT2D eigenvalue weighted by Crippen LogP contribution is 2.38. The van der Waals surface area contributed by atoms with E-state index in [0.717, 1.165) is 48.3 Å². The van der Waals surface area contributed by atoms with E-state index in [1.165, 1.54) is 0 Å². The zero-order valence-electron chi connectivity index (χ0n) is 27.5. The summed E-state index contributed by atoms with van der Waals surface area (Å²) in [6.45, 7) is 0.541. The van der Waals surface area contributed by atoms with Gasteiger partial charge in [0.2, 0.25) is 0 Å². The molecular formula is C40H38N2O8. The van der Waals surface area contributed by atoms with Crippen molar-refractivity contribution in [1.82, 2.24) is 9.80 Å². The molecule has 3 saturated carbocycles. The highest BCUT2D eigenvalue weighted by atomic mass is 16.6. The number of hydrogen-bond donors (Lipinski definition) is 0. The predicted octanol–water partition coefficient (Wildman–Crippen LogP) is 8.25. The number of amides is 2. The lowest BCUT2D eigenvalue weighted by molar-refractivity contribution is -0.161. The average molecular weight is 675 g/mol. The van der Waals surface area contributed by atoms with E-state index in [1.807, 2.05) is 109 Å². The molecule has 4 aromatic carbocycles. The third kappa shape index (κ3) is 8.31. The van der Waals surface area contributed by atoms with Gasteiger partial charge in [-0.2, -0.15) is 0 Å². The summed E-state index contributed by atoms with van der Waals surface area (Å²) in [6, 6.07) is 33.7. The van der Waals surface area contributed by atoms with Crippen molar-refractivity contribution in [3.8, 4) is 23.0 Å². The Balaban J connectivity index is 0.902. The summed E-state index contributed by atoms with van der Waals surface area (Å²) in [5, 5.41) is 0. The summed E-state index contributed by atoms with van der Waals surface area (Å²) in [7, 11) is 0. The molecule has 2 amide bonds. The molecule has 10 heteroatoms. The van der Waals surface area contributed by atoms with Gasteiger partial charge in [-0.15, -0.1) is 0 Å². The first kappa shape index (κ1) is 32.9. The van der Waals surface area contributed by atoms with Crippen LogP contribution in [0.4, 0.5) is 9.59 Å². The number of hydrogen-bond acceptors (Lipinski definition) is 8. The number of carbonyl (C=O) groups is 4. The van der Waals surface area contributed by atoms with Gasteiger partial charge in [-0.3, -0.25) is 9.59 Å². The molecule has 0 aliphatic heterocycles. The normalized spacial score (nSPS) is 17.8. The van der Waals surface area contributed by atoms with Gasteiger partial charge in [0, 0.05) is 25.2 Å². The lowest BCUT2D eigenvalue weighted by Crippen LogP contribution is -2.44. The summed E-state index contributed by atoms with van der Waals surface area (Å²) in [6.07, 6.45) is 2.55. The summed E-state index contributed by atoms with van der Waals surface area (Å²) in [5.74, 6) is -0.458. The molecule has 0 bridgehead atoms. The highest BCUT2D eigenvalue weighted by molar-refractivity contribution is 5.93. The molecule has 0 heterocycles. The van der Waals surface area contributed by atoms with Crippen LogP contribution >= 0.6 is 0 Å². The summed E-state index contributed by atoms with van der Waals surface area (Å²) >= 11 is 0. The minimum atomic E-state index is -0.846. The molecular weight excluding hydrogens is 636 g/mol. The van der Waals surface area contributed by atoms with Crippen LogP contribution in [-0.4, -0.2) is 46.0 Å². The molecule has 2 unspecified atom stereocenters. The van der Waals surface area contributed by atoms with Gasteiger partial charge in [0.1, 0.15) is 23.0 Å². The number of rotatable bonds is 12. The van der Waals surface area contributed by atoms with E-state index in [4.69, 9.17) is 18.9 Å². The standard InChI is InChI=1S/C40H38N2O8/c43-37(49-39(45)41(29-15-16-29)25-27-11-19-33(20-12-27)47-31-7-3-1-4-8-31)35-23-24-36(35)38(44)50-40(46)42(30-17-18-30)26-28-13-21-34(22-14-28)48-32-9-5-2-6-10-32/h1-14,19-22,29-30,35-36H,15-18,23-26H2. The number of carbonyl (C=O) groups excluding carboxylic acids is 4. The van der Waals surface area contributed by atoms with Gasteiger partial charge in [-0.1, -0.05) is 60.7 Å². The molecule has 0 spiro atoms. The van der Waals surface area contributed by atoms with Crippen LogP contribution in [0.1, 0.15) is 49.7 Å². The predicted molar refractivity (Wildman–Crippen MR) is 182 cm³/mol. The first-order valence-electron chi connectivity index (χ1n) is 17.1. The summed E-state index contributed by atoms with van der Waals surface area (Å²) < 4.78 is 22.3. The van der Waals surface area contributed by atoms with E-state index in [2.05, 4.69) is 0 Å². The largest absolute Gasteiger partial charge is 0.457 e. The Bertz CT molecular complexity index is 1670. The van der Waals surface area contributed by atoms with Gasteiger partial charge in [0.05, 0.1) is 11.8 Å². The van der Waals surface area contributed by atoms with E-state index < -0.39 is 36.0 Å². The van der Waals surface area contributed by atoms with Crippen LogP contribution in [0.15, 0.2) is 109 Å². The van der Waals surface area contributed by atoms with E-state index in [0.29, 0.717) is 24.3 Å². The number of nitrogens with zero attached hydrogens (tertiary/aromatic N) is 2. The minimum Gasteiger partial charge on any atom is -0.457 e. The first-order valence-corrected chi connectivity index (χ1v) is 17.1. The summed E-state index contributed by atoms with van der Waals surface area (Å²) in [5.41, 5.74) is 1.73. The van der Waals surface area contributed by atoms with Gasteiger partial charge in [-0.25, -0.2) is 9.59 Å². The van der Waals surface area contributed by atoms with Crippen LogP contribution in [-0.2, 0) is 32.2 Å². The Morgan fingerprint density at radius 1 is 0.460 bits per heavy atom. The van der Waals surface area contributed by atoms with Crippen molar-refractivity contribution in [3.63, 3.8) is 0 Å². The van der Waals surface area contributed by atoms with Crippen molar-refractivity contribution in [2.24, 2.45) is 11.8 Å². The van der Waals surface area contributed by atoms with Crippen molar-refractivity contribution >= 4 is 24.1 Å². The molecule has 0 N–H and O–H groups in total. The third-order valence-electron chi connectivity index (χ3n) is 9.21. The van der Waals surface area contributed by atoms with Crippen molar-refractivity contribution < 1.29 is 38.1 Å². The van der Waals surface area contributed by atoms with E-state index >= 15 is 0 Å². The second-order valence-corrected chi connectivity index (χ2v) is 13.0. The van der Waals surface area contributed by atoms with Gasteiger partial charge in [-0.05, 0) is 98.2 Å². The number of esters is 2. The second kappa shape index (κ2) is 14.9. The van der Waals surface area contributed by atoms with Crippen molar-refractivity contribution in [2.75, 3.05) is 0 Å². The zero-order chi connectivity index (χ0) is 34.5. The molecule has 2 atom stereocenters. The SMILES string of the molecule is O=C(OC(=O)N(Cc1ccc(Oc2ccccc2)cc1)C1CC1)C1CCC1C(=O)OC(=O)N(Cc1ccc(Oc2ccccc2)cc1)C1CC1. The first-order chi connectivity index (χ1) is 24.4. The van der Waals surface area contributed by atoms with Crippen LogP contribution in [0, 0.1) is 11.8 Å². The summed E-state index contributed by atoms with van der Waals surface area (Å²) in [4.78, 5) is 55.6. The highest BCUT2D eigenvalue weighted by Gasteiger charge is 2.47. The molecule has 3 aliphatic rings. The molecule has 3 aliphatic carbocycles. The molecule has 50 heavy (non-hydrogen) atoms. The van der Waals surface area contributed by atoms with Crippen LogP contribution in [0.5, 0.6) is 23.0 Å². The van der Waals surface area contributed by atoms with Crippen molar-refractivity contribution in [1.29, 1.82) is 0 Å². The lowest BCUT2D eigenvalue weighted by atomic mass is 9.74. The van der Waals surface area contributed by atoms with Gasteiger partial charge < -0.3 is 28.7 Å². The second-order valence-electron chi connectivity index (χ2n) is 13.0. The third-order valence-corrected chi connectivity index (χ3v) is 9.21. The average Bonchev–Trinajstić information content (AvgIpc) is 4.03. The zero-order valence-corrected chi connectivity index (χ0v) is 27.5. The van der Waals surface area contributed by atoms with Crippen molar-refractivity contribution in [3.05, 3.63) is 120 Å². The monoisotopic (exact) mass is 674 g/mol. The number of para-hydroxylation sites is 2. The number of benzene rings is 4. The van der Waals surface area contributed by atoms with Crippen LogP contribution in [0.25, 0.3) is 0 Å². The van der Waals surface area contributed by atoms with Gasteiger partial charge in [0.25, 0.3) is 0 Å². The number of ether oxygens (including phenoxy) is 4.